The second-order valence-electron chi connectivity index (χ2n) is 7.48. The SMILES string of the molecule is COCN(C(=O)O)C1CCC(O[Si](C)(C)C(C)(C)C)CC1. The Morgan fingerprint density at radius 2 is 1.76 bits per heavy atom. The summed E-state index contributed by atoms with van der Waals surface area (Å²) in [6, 6.07) is 0.0571. The molecule has 1 aliphatic rings. The molecule has 0 aromatic carbocycles. The fourth-order valence-corrected chi connectivity index (χ4v) is 3.95. The van der Waals surface area contributed by atoms with Crippen LogP contribution in [0.4, 0.5) is 4.79 Å². The number of carbonyl (C=O) groups is 1. The second kappa shape index (κ2) is 7.11. The van der Waals surface area contributed by atoms with E-state index >= 15 is 0 Å². The third kappa shape index (κ3) is 4.97. The predicted molar refractivity (Wildman–Crippen MR) is 86.1 cm³/mol. The van der Waals surface area contributed by atoms with E-state index in [2.05, 4.69) is 33.9 Å². The Bertz CT molecular complexity index is 346. The highest BCUT2D eigenvalue weighted by molar-refractivity contribution is 6.74. The Kier molecular flexibility index (Phi) is 6.25. The summed E-state index contributed by atoms with van der Waals surface area (Å²) >= 11 is 0. The lowest BCUT2D eigenvalue weighted by Crippen LogP contribution is -2.47. The van der Waals surface area contributed by atoms with E-state index in [1.807, 2.05) is 0 Å². The lowest BCUT2D eigenvalue weighted by molar-refractivity contribution is 0.0130. The first-order valence-corrected chi connectivity index (χ1v) is 10.7. The molecule has 0 spiro atoms. The van der Waals surface area contributed by atoms with Crippen LogP contribution in [0.2, 0.25) is 18.1 Å². The largest absolute Gasteiger partial charge is 0.465 e. The molecule has 0 saturated heterocycles. The molecule has 6 heteroatoms. The van der Waals surface area contributed by atoms with Crippen LogP contribution in [0.5, 0.6) is 0 Å². The summed E-state index contributed by atoms with van der Waals surface area (Å²) in [5.41, 5.74) is 0. The van der Waals surface area contributed by atoms with Crippen molar-refractivity contribution in [2.75, 3.05) is 13.8 Å². The molecular formula is C15H31NO4Si. The maximum Gasteiger partial charge on any atom is 0.409 e. The molecule has 1 amide bonds. The smallest absolute Gasteiger partial charge is 0.409 e. The number of amides is 1. The normalized spacial score (nSPS) is 23.9. The highest BCUT2D eigenvalue weighted by Gasteiger charge is 2.40. The van der Waals surface area contributed by atoms with Crippen molar-refractivity contribution in [3.05, 3.63) is 0 Å². The van der Waals surface area contributed by atoms with E-state index in [-0.39, 0.29) is 23.9 Å². The lowest BCUT2D eigenvalue weighted by atomic mass is 9.92. The van der Waals surface area contributed by atoms with E-state index in [1.54, 1.807) is 0 Å². The van der Waals surface area contributed by atoms with Crippen LogP contribution in [0.1, 0.15) is 46.5 Å². The first-order chi connectivity index (χ1) is 9.58. The summed E-state index contributed by atoms with van der Waals surface area (Å²) in [5, 5.41) is 9.45. The highest BCUT2D eigenvalue weighted by Crippen LogP contribution is 2.39. The molecule has 0 atom stereocenters. The molecule has 0 aliphatic heterocycles. The van der Waals surface area contributed by atoms with Crippen molar-refractivity contribution in [3.8, 4) is 0 Å². The average molecular weight is 318 g/mol. The summed E-state index contributed by atoms with van der Waals surface area (Å²) in [5.74, 6) is 0. The first kappa shape index (κ1) is 18.5. The molecule has 1 N–H and O–H groups in total. The Labute approximate surface area is 129 Å². The van der Waals surface area contributed by atoms with E-state index in [0.717, 1.165) is 25.7 Å². The van der Waals surface area contributed by atoms with E-state index in [0.29, 0.717) is 0 Å². The van der Waals surface area contributed by atoms with E-state index in [4.69, 9.17) is 9.16 Å². The molecule has 1 saturated carbocycles. The standard InChI is InChI=1S/C15H31NO4Si/c1-15(2,3)21(5,6)20-13-9-7-12(8-10-13)16(11-19-4)14(17)18/h12-13H,7-11H2,1-6H3,(H,17,18). The molecule has 0 aromatic heterocycles. The van der Waals surface area contributed by atoms with Gasteiger partial charge in [-0.25, -0.2) is 4.79 Å². The van der Waals surface area contributed by atoms with Crippen LogP contribution in [0.25, 0.3) is 0 Å². The van der Waals surface area contributed by atoms with Crippen molar-refractivity contribution in [1.29, 1.82) is 0 Å². The number of ether oxygens (including phenoxy) is 1. The minimum atomic E-state index is -1.73. The number of hydrogen-bond acceptors (Lipinski definition) is 3. The lowest BCUT2D eigenvalue weighted by Gasteiger charge is -2.42. The van der Waals surface area contributed by atoms with Gasteiger partial charge in [0, 0.05) is 19.3 Å². The molecule has 1 fully saturated rings. The number of rotatable bonds is 5. The average Bonchev–Trinajstić information content (AvgIpc) is 2.35. The number of carboxylic acid groups (broad SMARTS) is 1. The van der Waals surface area contributed by atoms with Gasteiger partial charge in [0.25, 0.3) is 0 Å². The third-order valence-electron chi connectivity index (χ3n) is 4.87. The van der Waals surface area contributed by atoms with Gasteiger partial charge in [-0.2, -0.15) is 0 Å². The molecule has 0 unspecified atom stereocenters. The van der Waals surface area contributed by atoms with Crippen molar-refractivity contribution >= 4 is 14.4 Å². The van der Waals surface area contributed by atoms with E-state index in [9.17, 15) is 9.90 Å². The van der Waals surface area contributed by atoms with Gasteiger partial charge in [-0.05, 0) is 43.8 Å². The van der Waals surface area contributed by atoms with Gasteiger partial charge in [0.05, 0.1) is 0 Å². The maximum atomic E-state index is 11.3. The predicted octanol–water partition coefficient (Wildman–Crippen LogP) is 3.90. The maximum absolute atomic E-state index is 11.3. The molecule has 124 valence electrons. The third-order valence-corrected chi connectivity index (χ3v) is 9.40. The Morgan fingerprint density at radius 3 is 2.14 bits per heavy atom. The van der Waals surface area contributed by atoms with Gasteiger partial charge in [0.15, 0.2) is 8.32 Å². The molecule has 1 aliphatic carbocycles. The number of methoxy groups -OCH3 is 1. The fraction of sp³-hybridized carbons (Fsp3) is 0.933. The van der Waals surface area contributed by atoms with Crippen molar-refractivity contribution in [2.24, 2.45) is 0 Å². The summed E-state index contributed by atoms with van der Waals surface area (Å²) < 4.78 is 11.4. The van der Waals surface area contributed by atoms with Gasteiger partial charge in [0.1, 0.15) is 6.73 Å². The van der Waals surface area contributed by atoms with Crippen LogP contribution in [-0.2, 0) is 9.16 Å². The topological polar surface area (TPSA) is 59.0 Å². The summed E-state index contributed by atoms with van der Waals surface area (Å²) in [4.78, 5) is 12.7. The van der Waals surface area contributed by atoms with Crippen LogP contribution in [-0.4, -0.2) is 50.4 Å². The monoisotopic (exact) mass is 317 g/mol. The van der Waals surface area contributed by atoms with Gasteiger partial charge < -0.3 is 14.3 Å². The molecule has 0 aromatic rings. The zero-order valence-corrected chi connectivity index (χ0v) is 15.3. The first-order valence-electron chi connectivity index (χ1n) is 7.75. The van der Waals surface area contributed by atoms with Gasteiger partial charge in [0.2, 0.25) is 0 Å². The summed E-state index contributed by atoms with van der Waals surface area (Å²) in [6.07, 6.45) is 2.96. The fourth-order valence-electron chi connectivity index (χ4n) is 2.52. The highest BCUT2D eigenvalue weighted by atomic mass is 28.4. The molecule has 0 heterocycles. The molecule has 5 nitrogen and oxygen atoms in total. The van der Waals surface area contributed by atoms with Crippen LogP contribution in [0.15, 0.2) is 0 Å². The molecule has 1 rings (SSSR count). The van der Waals surface area contributed by atoms with E-state index in [1.165, 1.54) is 12.0 Å². The second-order valence-corrected chi connectivity index (χ2v) is 12.2. The number of nitrogens with zero attached hydrogens (tertiary/aromatic N) is 1. The van der Waals surface area contributed by atoms with Crippen LogP contribution in [0, 0.1) is 0 Å². The molecule has 21 heavy (non-hydrogen) atoms. The zero-order chi connectivity index (χ0) is 16.3. The van der Waals surface area contributed by atoms with Gasteiger partial charge in [-0.1, -0.05) is 20.8 Å². The van der Waals surface area contributed by atoms with Crippen LogP contribution >= 0.6 is 0 Å². The Hall–Kier alpha value is -0.593. The summed E-state index contributed by atoms with van der Waals surface area (Å²) in [6.45, 7) is 11.4. The van der Waals surface area contributed by atoms with Crippen LogP contribution < -0.4 is 0 Å². The minimum absolute atomic E-state index is 0.0571. The molecular weight excluding hydrogens is 286 g/mol. The van der Waals surface area contributed by atoms with Crippen molar-refractivity contribution in [2.45, 2.75) is 76.7 Å². The van der Waals surface area contributed by atoms with Gasteiger partial charge >= 0.3 is 6.09 Å². The van der Waals surface area contributed by atoms with Gasteiger partial charge in [-0.3, -0.25) is 4.90 Å². The Morgan fingerprint density at radius 1 is 1.24 bits per heavy atom. The van der Waals surface area contributed by atoms with Crippen LogP contribution in [0.3, 0.4) is 0 Å². The van der Waals surface area contributed by atoms with Crippen molar-refractivity contribution < 1.29 is 19.1 Å². The number of hydrogen-bond donors (Lipinski definition) is 1. The summed E-state index contributed by atoms with van der Waals surface area (Å²) in [7, 11) is -0.203. The Balaban J connectivity index is 2.54. The molecule has 0 bridgehead atoms. The van der Waals surface area contributed by atoms with Gasteiger partial charge in [-0.15, -0.1) is 0 Å². The van der Waals surface area contributed by atoms with E-state index < -0.39 is 14.4 Å². The molecule has 0 radical (unpaired) electrons. The quantitative estimate of drug-likeness (QED) is 0.617. The minimum Gasteiger partial charge on any atom is -0.465 e. The zero-order valence-electron chi connectivity index (χ0n) is 14.3. The van der Waals surface area contributed by atoms with Crippen molar-refractivity contribution in [1.82, 2.24) is 4.90 Å². The van der Waals surface area contributed by atoms with Crippen molar-refractivity contribution in [3.63, 3.8) is 0 Å².